The Morgan fingerprint density at radius 2 is 1.84 bits per heavy atom. The Labute approximate surface area is 223 Å². The molecule has 0 radical (unpaired) electrons. The van der Waals surface area contributed by atoms with Crippen molar-refractivity contribution in [3.05, 3.63) is 42.5 Å². The Balaban J connectivity index is 1.47. The Morgan fingerprint density at radius 1 is 1.08 bits per heavy atom. The van der Waals surface area contributed by atoms with Gasteiger partial charge in [0, 0.05) is 18.8 Å². The average Bonchev–Trinajstić information content (AvgIpc) is 3.52. The van der Waals surface area contributed by atoms with Crippen LogP contribution in [0.5, 0.6) is 0 Å². The zero-order chi connectivity index (χ0) is 26.9. The lowest BCUT2D eigenvalue weighted by atomic mass is 9.65. The number of hydrogen-bond donors (Lipinski definition) is 2. The fraction of sp³-hybridized carbons (Fsp3) is 0.567. The number of rotatable bonds is 11. The van der Waals surface area contributed by atoms with Gasteiger partial charge < -0.3 is 24.8 Å². The van der Waals surface area contributed by atoms with Crippen LogP contribution in [-0.2, 0) is 23.9 Å². The van der Waals surface area contributed by atoms with Gasteiger partial charge in [0.15, 0.2) is 0 Å². The van der Waals surface area contributed by atoms with Gasteiger partial charge in [-0.1, -0.05) is 50.1 Å². The van der Waals surface area contributed by atoms with Gasteiger partial charge in [0.05, 0.1) is 18.1 Å². The Kier molecular flexibility index (Phi) is 7.47. The quantitative estimate of drug-likeness (QED) is 0.341. The van der Waals surface area contributed by atoms with Crippen molar-refractivity contribution in [3.8, 4) is 0 Å². The van der Waals surface area contributed by atoms with Crippen molar-refractivity contribution in [1.82, 2.24) is 4.90 Å². The molecular weight excluding hydrogens is 484 g/mol. The first-order chi connectivity index (χ1) is 18.4. The highest BCUT2D eigenvalue weighted by molar-refractivity contribution is 6.04. The van der Waals surface area contributed by atoms with E-state index in [-0.39, 0.29) is 25.0 Å². The maximum atomic E-state index is 14.0. The molecule has 8 nitrogen and oxygen atoms in total. The molecule has 0 aromatic heterocycles. The van der Waals surface area contributed by atoms with E-state index in [1.165, 1.54) is 0 Å². The van der Waals surface area contributed by atoms with E-state index in [1.54, 1.807) is 11.8 Å². The average molecular weight is 523 g/mol. The van der Waals surface area contributed by atoms with E-state index in [4.69, 9.17) is 14.6 Å². The molecule has 5 atom stereocenters. The van der Waals surface area contributed by atoms with Crippen LogP contribution in [0.2, 0.25) is 0 Å². The van der Waals surface area contributed by atoms with E-state index in [2.05, 4.69) is 5.32 Å². The SMILES string of the molecule is CCOC(=O)[C@@H]1[C@H]2C(=O)N(CCCCCCO)C(C(=O)Nc3ccc4ccccc4c3)C23CC[C@@]1(CC)O3. The molecule has 2 bridgehead atoms. The van der Waals surface area contributed by atoms with E-state index in [0.717, 1.165) is 23.6 Å². The fourth-order valence-corrected chi connectivity index (χ4v) is 7.07. The number of carbonyl (C=O) groups is 3. The number of nitrogens with zero attached hydrogens (tertiary/aromatic N) is 1. The molecule has 2 aromatic rings. The number of nitrogens with one attached hydrogen (secondary N) is 1. The van der Waals surface area contributed by atoms with Crippen LogP contribution >= 0.6 is 0 Å². The van der Waals surface area contributed by atoms with Crippen LogP contribution in [0, 0.1) is 11.8 Å². The maximum absolute atomic E-state index is 14.0. The normalized spacial score (nSPS) is 29.6. The van der Waals surface area contributed by atoms with Gasteiger partial charge in [0.1, 0.15) is 17.6 Å². The standard InChI is InChI=1S/C30H38N2O6/c1-3-29-15-16-30(38-29)23(24(29)28(36)37-4-2)27(35)32(17-9-5-6-10-18-33)25(30)26(34)31-22-14-13-20-11-7-8-12-21(20)19-22/h7-8,11-14,19,23-25,33H,3-6,9-10,15-18H2,1-2H3,(H,31,34)/t23-,24-,25?,29+,30?/m0/s1. The Hall–Kier alpha value is -2.97. The third-order valence-corrected chi connectivity index (χ3v) is 8.79. The zero-order valence-electron chi connectivity index (χ0n) is 22.3. The summed E-state index contributed by atoms with van der Waals surface area (Å²) in [7, 11) is 0. The van der Waals surface area contributed by atoms with Crippen molar-refractivity contribution < 1.29 is 29.0 Å². The van der Waals surface area contributed by atoms with Gasteiger partial charge in [-0.25, -0.2) is 0 Å². The van der Waals surface area contributed by atoms with Gasteiger partial charge in [-0.05, 0) is 61.9 Å². The first-order valence-corrected chi connectivity index (χ1v) is 14.0. The summed E-state index contributed by atoms with van der Waals surface area (Å²) < 4.78 is 12.2. The minimum Gasteiger partial charge on any atom is -0.466 e. The number of esters is 1. The molecule has 3 saturated heterocycles. The smallest absolute Gasteiger partial charge is 0.312 e. The van der Waals surface area contributed by atoms with Crippen molar-refractivity contribution in [1.29, 1.82) is 0 Å². The van der Waals surface area contributed by atoms with Gasteiger partial charge in [0.2, 0.25) is 11.8 Å². The number of amides is 2. The summed E-state index contributed by atoms with van der Waals surface area (Å²) in [5.74, 6) is -2.35. The van der Waals surface area contributed by atoms with Gasteiger partial charge in [0.25, 0.3) is 0 Å². The van der Waals surface area contributed by atoms with Crippen molar-refractivity contribution >= 4 is 34.2 Å². The molecule has 204 valence electrons. The highest BCUT2D eigenvalue weighted by Crippen LogP contribution is 2.64. The van der Waals surface area contributed by atoms with E-state index in [9.17, 15) is 14.4 Å². The van der Waals surface area contributed by atoms with E-state index in [0.29, 0.717) is 44.3 Å². The van der Waals surface area contributed by atoms with Crippen LogP contribution in [0.4, 0.5) is 5.69 Å². The maximum Gasteiger partial charge on any atom is 0.312 e. The molecule has 2 aromatic carbocycles. The predicted molar refractivity (Wildman–Crippen MR) is 143 cm³/mol. The van der Waals surface area contributed by atoms with Crippen molar-refractivity contribution in [2.75, 3.05) is 25.1 Å². The first kappa shape index (κ1) is 26.6. The Morgan fingerprint density at radius 3 is 2.58 bits per heavy atom. The minimum atomic E-state index is -1.06. The molecule has 38 heavy (non-hydrogen) atoms. The molecule has 3 heterocycles. The van der Waals surface area contributed by atoms with Crippen LogP contribution < -0.4 is 5.32 Å². The summed E-state index contributed by atoms with van der Waals surface area (Å²) in [6.07, 6.45) is 4.83. The number of likely N-dealkylation sites (tertiary alicyclic amines) is 1. The van der Waals surface area contributed by atoms with Crippen LogP contribution in [0.25, 0.3) is 10.8 Å². The number of anilines is 1. The lowest BCUT2D eigenvalue weighted by Crippen LogP contribution is -2.53. The second kappa shape index (κ2) is 10.7. The summed E-state index contributed by atoms with van der Waals surface area (Å²) in [5.41, 5.74) is -1.19. The number of aliphatic hydroxyl groups is 1. The molecule has 8 heteroatoms. The lowest BCUT2D eigenvalue weighted by molar-refractivity contribution is -0.160. The van der Waals surface area contributed by atoms with Crippen LogP contribution in [0.3, 0.4) is 0 Å². The van der Waals surface area contributed by atoms with Crippen molar-refractivity contribution in [2.45, 2.75) is 76.0 Å². The van der Waals surface area contributed by atoms with Gasteiger partial charge >= 0.3 is 5.97 Å². The van der Waals surface area contributed by atoms with Crippen LogP contribution in [0.1, 0.15) is 58.8 Å². The highest BCUT2D eigenvalue weighted by Gasteiger charge is 2.78. The van der Waals surface area contributed by atoms with Gasteiger partial charge in [-0.2, -0.15) is 0 Å². The zero-order valence-corrected chi connectivity index (χ0v) is 22.3. The largest absolute Gasteiger partial charge is 0.466 e. The fourth-order valence-electron chi connectivity index (χ4n) is 7.07. The topological polar surface area (TPSA) is 105 Å². The molecule has 1 spiro atoms. The highest BCUT2D eigenvalue weighted by atomic mass is 16.6. The number of fused-ring (bicyclic) bond motifs is 2. The molecule has 0 aliphatic carbocycles. The molecule has 3 fully saturated rings. The molecule has 3 aliphatic rings. The lowest BCUT2D eigenvalue weighted by Gasteiger charge is -2.33. The van der Waals surface area contributed by atoms with E-state index >= 15 is 0 Å². The number of hydrogen-bond acceptors (Lipinski definition) is 6. The summed E-state index contributed by atoms with van der Waals surface area (Å²) >= 11 is 0. The predicted octanol–water partition coefficient (Wildman–Crippen LogP) is 4.05. The first-order valence-electron chi connectivity index (χ1n) is 14.0. The second-order valence-electron chi connectivity index (χ2n) is 10.8. The van der Waals surface area contributed by atoms with Crippen molar-refractivity contribution in [2.24, 2.45) is 11.8 Å². The third kappa shape index (κ3) is 4.28. The molecule has 2 N–H and O–H groups in total. The summed E-state index contributed by atoms with van der Waals surface area (Å²) in [5, 5.41) is 14.3. The van der Waals surface area contributed by atoms with Crippen LogP contribution in [0.15, 0.2) is 42.5 Å². The summed E-state index contributed by atoms with van der Waals surface area (Å²) in [6.45, 7) is 4.49. The minimum absolute atomic E-state index is 0.138. The number of unbranched alkanes of at least 4 members (excludes halogenated alkanes) is 3. The second-order valence-corrected chi connectivity index (χ2v) is 10.8. The third-order valence-electron chi connectivity index (χ3n) is 8.79. The van der Waals surface area contributed by atoms with E-state index in [1.807, 2.05) is 49.4 Å². The number of aliphatic hydroxyl groups excluding tert-OH is 1. The number of ether oxygens (including phenoxy) is 2. The summed E-state index contributed by atoms with van der Waals surface area (Å²) in [6, 6.07) is 12.9. The van der Waals surface area contributed by atoms with Crippen LogP contribution in [-0.4, -0.2) is 64.8 Å². The molecule has 0 saturated carbocycles. The molecular formula is C30H38N2O6. The molecule has 2 unspecified atom stereocenters. The molecule has 2 amide bonds. The number of benzene rings is 2. The van der Waals surface area contributed by atoms with E-state index < -0.39 is 35.0 Å². The van der Waals surface area contributed by atoms with Gasteiger partial charge in [-0.3, -0.25) is 14.4 Å². The molecule has 3 aliphatic heterocycles. The monoisotopic (exact) mass is 522 g/mol. The Bertz CT molecular complexity index is 1220. The van der Waals surface area contributed by atoms with Crippen molar-refractivity contribution in [3.63, 3.8) is 0 Å². The molecule has 5 rings (SSSR count). The van der Waals surface area contributed by atoms with Gasteiger partial charge in [-0.15, -0.1) is 0 Å². The number of carbonyl (C=O) groups excluding carboxylic acids is 3. The summed E-state index contributed by atoms with van der Waals surface area (Å²) in [4.78, 5) is 42.9.